The van der Waals surface area contributed by atoms with Crippen molar-refractivity contribution in [2.75, 3.05) is 19.4 Å². The van der Waals surface area contributed by atoms with E-state index in [-0.39, 0.29) is 0 Å². The monoisotopic (exact) mass is 251 g/mol. The van der Waals surface area contributed by atoms with Crippen LogP contribution in [0.1, 0.15) is 18.9 Å². The molecule has 0 spiro atoms. The molecule has 94 valence electrons. The van der Waals surface area contributed by atoms with Crippen molar-refractivity contribution in [2.45, 2.75) is 31.1 Å². The second kappa shape index (κ2) is 6.31. The number of hydrogen-bond donors (Lipinski definition) is 1. The predicted molar refractivity (Wildman–Crippen MR) is 75.0 cm³/mol. The van der Waals surface area contributed by atoms with Gasteiger partial charge in [0.2, 0.25) is 0 Å². The molecule has 2 nitrogen and oxygen atoms in total. The molecule has 1 aliphatic rings. The summed E-state index contributed by atoms with van der Waals surface area (Å²) in [4.78, 5) is 0. The molecule has 0 amide bonds. The molecule has 1 aromatic rings. The van der Waals surface area contributed by atoms with E-state index < -0.39 is 0 Å². The summed E-state index contributed by atoms with van der Waals surface area (Å²) in [5.74, 6) is 2.26. The van der Waals surface area contributed by atoms with Crippen LogP contribution in [0.25, 0.3) is 0 Å². The number of thioether (sulfide) groups is 1. The van der Waals surface area contributed by atoms with Crippen LogP contribution in [0, 0.1) is 0 Å². The molecule has 1 fully saturated rings. The minimum absolute atomic E-state index is 0.699. The Balaban J connectivity index is 1.78. The maximum Gasteiger partial charge on any atom is 0.122 e. The largest absolute Gasteiger partial charge is 0.496 e. The first-order valence-corrected chi connectivity index (χ1v) is 7.31. The number of rotatable bonds is 5. The Bertz CT molecular complexity index is 356. The van der Waals surface area contributed by atoms with E-state index in [9.17, 15) is 0 Å². The van der Waals surface area contributed by atoms with Gasteiger partial charge in [-0.25, -0.2) is 0 Å². The Morgan fingerprint density at radius 3 is 2.94 bits per heavy atom. The van der Waals surface area contributed by atoms with Gasteiger partial charge in [0, 0.05) is 17.0 Å². The molecule has 3 heteroatoms. The summed E-state index contributed by atoms with van der Waals surface area (Å²) in [7, 11) is 1.74. The molecule has 2 atom stereocenters. The van der Waals surface area contributed by atoms with Gasteiger partial charge < -0.3 is 10.1 Å². The first-order chi connectivity index (χ1) is 8.29. The molecule has 2 rings (SSSR count). The van der Waals surface area contributed by atoms with Gasteiger partial charge >= 0.3 is 0 Å². The number of hydrogen-bond acceptors (Lipinski definition) is 3. The van der Waals surface area contributed by atoms with E-state index in [0.717, 1.165) is 24.0 Å². The highest BCUT2D eigenvalue weighted by Gasteiger charge is 2.20. The van der Waals surface area contributed by atoms with Gasteiger partial charge in [0.05, 0.1) is 7.11 Å². The quantitative estimate of drug-likeness (QED) is 0.869. The fraction of sp³-hybridized carbons (Fsp3) is 0.571. The van der Waals surface area contributed by atoms with Gasteiger partial charge in [0.1, 0.15) is 5.75 Å². The fourth-order valence-electron chi connectivity index (χ4n) is 2.28. The first-order valence-electron chi connectivity index (χ1n) is 6.26. The van der Waals surface area contributed by atoms with Crippen molar-refractivity contribution in [3.05, 3.63) is 29.8 Å². The molecule has 1 aliphatic heterocycles. The minimum Gasteiger partial charge on any atom is -0.496 e. The average Bonchev–Trinajstić information content (AvgIpc) is 2.76. The number of para-hydroxylation sites is 1. The topological polar surface area (TPSA) is 21.3 Å². The van der Waals surface area contributed by atoms with Gasteiger partial charge in [0.25, 0.3) is 0 Å². The van der Waals surface area contributed by atoms with Crippen molar-refractivity contribution in [2.24, 2.45) is 0 Å². The zero-order chi connectivity index (χ0) is 12.1. The third kappa shape index (κ3) is 3.65. The van der Waals surface area contributed by atoms with E-state index >= 15 is 0 Å². The van der Waals surface area contributed by atoms with E-state index in [2.05, 4.69) is 36.1 Å². The van der Waals surface area contributed by atoms with Crippen LogP contribution in [0.4, 0.5) is 0 Å². The van der Waals surface area contributed by atoms with Crippen LogP contribution in [-0.2, 0) is 6.42 Å². The lowest BCUT2D eigenvalue weighted by molar-refractivity contribution is 0.408. The van der Waals surface area contributed by atoms with Crippen molar-refractivity contribution >= 4 is 11.8 Å². The minimum atomic E-state index is 0.699. The van der Waals surface area contributed by atoms with Crippen molar-refractivity contribution in [3.8, 4) is 5.75 Å². The number of methoxy groups -OCH3 is 1. The van der Waals surface area contributed by atoms with E-state index in [1.807, 2.05) is 12.1 Å². The lowest BCUT2D eigenvalue weighted by Crippen LogP contribution is -2.30. The highest BCUT2D eigenvalue weighted by molar-refractivity contribution is 8.00. The summed E-state index contributed by atoms with van der Waals surface area (Å²) < 4.78 is 5.35. The molecule has 0 radical (unpaired) electrons. The first kappa shape index (κ1) is 12.8. The molecule has 1 saturated heterocycles. The van der Waals surface area contributed by atoms with Crippen molar-refractivity contribution in [1.29, 1.82) is 0 Å². The second-order valence-corrected chi connectivity index (χ2v) is 6.06. The molecule has 0 aliphatic carbocycles. The average molecular weight is 251 g/mol. The summed E-state index contributed by atoms with van der Waals surface area (Å²) in [6.07, 6.45) is 2.34. The van der Waals surface area contributed by atoms with Gasteiger partial charge in [-0.05, 0) is 31.0 Å². The van der Waals surface area contributed by atoms with Crippen molar-refractivity contribution < 1.29 is 4.74 Å². The molecule has 2 unspecified atom stereocenters. The van der Waals surface area contributed by atoms with Crippen LogP contribution in [0.5, 0.6) is 5.75 Å². The molecule has 1 N–H and O–H groups in total. The van der Waals surface area contributed by atoms with Gasteiger partial charge in [-0.15, -0.1) is 0 Å². The van der Waals surface area contributed by atoms with E-state index in [4.69, 9.17) is 4.74 Å². The lowest BCUT2D eigenvalue weighted by Gasteiger charge is -2.12. The van der Waals surface area contributed by atoms with Crippen LogP contribution in [0.2, 0.25) is 0 Å². The van der Waals surface area contributed by atoms with E-state index in [0.29, 0.717) is 6.04 Å². The molecule has 1 heterocycles. The van der Waals surface area contributed by atoms with Gasteiger partial charge in [-0.1, -0.05) is 25.1 Å². The normalized spacial score (nSPS) is 23.9. The molecular formula is C14H21NOS. The zero-order valence-electron chi connectivity index (χ0n) is 10.6. The summed E-state index contributed by atoms with van der Waals surface area (Å²) in [5.41, 5.74) is 1.29. The molecule has 1 aromatic carbocycles. The molecule has 0 bridgehead atoms. The Morgan fingerprint density at radius 2 is 2.24 bits per heavy atom. The lowest BCUT2D eigenvalue weighted by atomic mass is 10.1. The highest BCUT2D eigenvalue weighted by atomic mass is 32.2. The SMILES string of the molecule is COc1ccccc1CCNC1CSC(C)C1. The zero-order valence-corrected chi connectivity index (χ0v) is 11.4. The summed E-state index contributed by atoms with van der Waals surface area (Å²) in [6, 6.07) is 8.97. The maximum atomic E-state index is 5.35. The second-order valence-electron chi connectivity index (χ2n) is 4.59. The standard InChI is InChI=1S/C14H21NOS/c1-11-9-13(10-17-11)15-8-7-12-5-3-4-6-14(12)16-2/h3-6,11,13,15H,7-10H2,1-2H3. The van der Waals surface area contributed by atoms with Gasteiger partial charge in [-0.3, -0.25) is 0 Å². The Labute approximate surface area is 108 Å². The smallest absolute Gasteiger partial charge is 0.122 e. The fourth-order valence-corrected chi connectivity index (χ4v) is 3.46. The van der Waals surface area contributed by atoms with Crippen LogP contribution < -0.4 is 10.1 Å². The molecule has 17 heavy (non-hydrogen) atoms. The van der Waals surface area contributed by atoms with Crippen molar-refractivity contribution in [1.82, 2.24) is 5.32 Å². The summed E-state index contributed by atoms with van der Waals surface area (Å²) >= 11 is 2.07. The summed E-state index contributed by atoms with van der Waals surface area (Å²) in [6.45, 7) is 3.35. The van der Waals surface area contributed by atoms with E-state index in [1.165, 1.54) is 17.7 Å². The maximum absolute atomic E-state index is 5.35. The number of ether oxygens (including phenoxy) is 1. The van der Waals surface area contributed by atoms with Crippen molar-refractivity contribution in [3.63, 3.8) is 0 Å². The third-order valence-corrected chi connectivity index (χ3v) is 4.57. The van der Waals surface area contributed by atoms with Crippen LogP contribution in [0.3, 0.4) is 0 Å². The van der Waals surface area contributed by atoms with Crippen LogP contribution in [0.15, 0.2) is 24.3 Å². The van der Waals surface area contributed by atoms with Gasteiger partial charge in [0.15, 0.2) is 0 Å². The number of benzene rings is 1. The molecular weight excluding hydrogens is 230 g/mol. The highest BCUT2D eigenvalue weighted by Crippen LogP contribution is 2.26. The summed E-state index contributed by atoms with van der Waals surface area (Å²) in [5, 5.41) is 4.45. The van der Waals surface area contributed by atoms with Crippen LogP contribution in [-0.4, -0.2) is 30.7 Å². The van der Waals surface area contributed by atoms with Crippen LogP contribution >= 0.6 is 11.8 Å². The Morgan fingerprint density at radius 1 is 1.41 bits per heavy atom. The predicted octanol–water partition coefficient (Wildman–Crippen LogP) is 2.72. The van der Waals surface area contributed by atoms with Gasteiger partial charge in [-0.2, -0.15) is 11.8 Å². The molecule has 0 aromatic heterocycles. The Hall–Kier alpha value is -0.670. The third-order valence-electron chi connectivity index (χ3n) is 3.22. The van der Waals surface area contributed by atoms with E-state index in [1.54, 1.807) is 7.11 Å². The molecule has 0 saturated carbocycles. The Kier molecular flexibility index (Phi) is 4.75. The number of nitrogens with one attached hydrogen (secondary N) is 1.